The van der Waals surface area contributed by atoms with Crippen molar-refractivity contribution in [2.45, 2.75) is 18.9 Å². The summed E-state index contributed by atoms with van der Waals surface area (Å²) in [7, 11) is -2.89. The van der Waals surface area contributed by atoms with E-state index in [9.17, 15) is 4.79 Å². The van der Waals surface area contributed by atoms with Crippen molar-refractivity contribution >= 4 is 29.7 Å². The Labute approximate surface area is 202 Å². The second-order valence-electron chi connectivity index (χ2n) is 8.94. The van der Waals surface area contributed by atoms with Crippen molar-refractivity contribution < 1.29 is 9.22 Å². The number of benzene rings is 4. The number of Topliss-reactive ketones (excluding diaryl/α,β-unsaturated/α-hetero) is 1. The molecule has 2 atom stereocenters. The fraction of sp³-hybridized carbons (Fsp3) is 0.129. The Balaban J connectivity index is 1.77. The van der Waals surface area contributed by atoms with E-state index in [-0.39, 0.29) is 18.1 Å². The zero-order valence-corrected chi connectivity index (χ0v) is 20.4. The number of hydrogen-bond acceptors (Lipinski definition) is 2. The normalized spacial score (nSPS) is 19.2. The van der Waals surface area contributed by atoms with E-state index in [0.717, 1.165) is 5.56 Å². The molecule has 0 aromatic heterocycles. The van der Waals surface area contributed by atoms with Crippen LogP contribution in [0.4, 0.5) is 0 Å². The first-order valence-corrected chi connectivity index (χ1v) is 13.6. The molecule has 2 unspecified atom stereocenters. The van der Waals surface area contributed by atoms with Crippen LogP contribution in [0, 0.1) is 5.92 Å². The summed E-state index contributed by atoms with van der Waals surface area (Å²) in [5.41, 5.74) is 1.01. The van der Waals surface area contributed by atoms with Gasteiger partial charge in [0, 0.05) is 17.9 Å². The van der Waals surface area contributed by atoms with Gasteiger partial charge in [0.15, 0.2) is 5.78 Å². The minimum absolute atomic E-state index is 0.0666. The molecule has 0 fully saturated rings. The average Bonchev–Trinajstić information content (AvgIpc) is 3.22. The number of hydrogen-bond donors (Lipinski definition) is 0. The molecule has 0 saturated heterocycles. The molecule has 0 radical (unpaired) electrons. The minimum atomic E-state index is -2.89. The molecule has 0 amide bonds. The van der Waals surface area contributed by atoms with Crippen LogP contribution in [0.1, 0.15) is 29.3 Å². The fourth-order valence-electron chi connectivity index (χ4n) is 5.27. The zero-order valence-electron chi connectivity index (χ0n) is 19.4. The van der Waals surface area contributed by atoms with Crippen LogP contribution in [-0.2, 0) is 10.0 Å². The van der Waals surface area contributed by atoms with Gasteiger partial charge in [-0.2, -0.15) is 0 Å². The highest BCUT2D eigenvalue weighted by atomic mass is 28.4. The molecule has 0 spiro atoms. The summed E-state index contributed by atoms with van der Waals surface area (Å²) in [4.78, 5) is 13.6. The molecule has 0 N–H and O–H groups in total. The summed E-state index contributed by atoms with van der Waals surface area (Å²) < 4.78 is 7.47. The predicted molar refractivity (Wildman–Crippen MR) is 141 cm³/mol. The fourth-order valence-corrected chi connectivity index (χ4v) is 9.81. The van der Waals surface area contributed by atoms with Gasteiger partial charge in [0.05, 0.1) is 5.60 Å². The first-order valence-electron chi connectivity index (χ1n) is 11.7. The van der Waals surface area contributed by atoms with Gasteiger partial charge in [-0.1, -0.05) is 128 Å². The quantitative estimate of drug-likeness (QED) is 0.221. The SMILES string of the molecule is C=CC(C)C1(CC(=O)c2ccccc2)O[Si](c2ccccc2)(c2ccccc2)c2ccccc21. The standard InChI is InChI=1S/C31H28O2Si/c1-3-24(2)31(23-29(32)25-15-7-4-8-16-25)28-21-13-14-22-30(28)34(33-31,26-17-9-5-10-18-26)27-19-11-6-12-20-27/h3-22,24H,1,23H2,2H3. The van der Waals surface area contributed by atoms with Crippen LogP contribution in [0.3, 0.4) is 0 Å². The first-order chi connectivity index (χ1) is 16.6. The van der Waals surface area contributed by atoms with Crippen molar-refractivity contribution in [3.05, 3.63) is 139 Å². The van der Waals surface area contributed by atoms with Crippen molar-refractivity contribution in [3.8, 4) is 0 Å². The molecule has 168 valence electrons. The first kappa shape index (κ1) is 22.3. The van der Waals surface area contributed by atoms with Gasteiger partial charge in [0.25, 0.3) is 8.32 Å². The largest absolute Gasteiger partial charge is 0.393 e. The topological polar surface area (TPSA) is 26.3 Å². The molecule has 1 aliphatic heterocycles. The molecular weight excluding hydrogens is 432 g/mol. The van der Waals surface area contributed by atoms with Crippen LogP contribution in [0.25, 0.3) is 0 Å². The minimum Gasteiger partial charge on any atom is -0.393 e. The maximum atomic E-state index is 13.6. The highest BCUT2D eigenvalue weighted by molar-refractivity contribution is 7.08. The van der Waals surface area contributed by atoms with E-state index in [4.69, 9.17) is 4.43 Å². The highest BCUT2D eigenvalue weighted by Gasteiger charge is 2.59. The Bertz CT molecular complexity index is 1260. The van der Waals surface area contributed by atoms with Crippen molar-refractivity contribution in [3.63, 3.8) is 0 Å². The van der Waals surface area contributed by atoms with Crippen molar-refractivity contribution in [1.29, 1.82) is 0 Å². The molecule has 0 saturated carbocycles. The van der Waals surface area contributed by atoms with E-state index in [1.807, 2.05) is 48.5 Å². The van der Waals surface area contributed by atoms with Gasteiger partial charge in [-0.25, -0.2) is 0 Å². The van der Waals surface area contributed by atoms with E-state index >= 15 is 0 Å². The lowest BCUT2D eigenvalue weighted by molar-refractivity contribution is 0.0278. The molecule has 4 aromatic carbocycles. The van der Waals surface area contributed by atoms with E-state index in [2.05, 4.69) is 86.3 Å². The lowest BCUT2D eigenvalue weighted by Gasteiger charge is -2.38. The molecular formula is C31H28O2Si. The third-order valence-corrected chi connectivity index (χ3v) is 11.2. The Hall–Kier alpha value is -3.53. The van der Waals surface area contributed by atoms with Gasteiger partial charge < -0.3 is 4.43 Å². The Morgan fingerprint density at radius 3 is 1.88 bits per heavy atom. The van der Waals surface area contributed by atoms with Gasteiger partial charge in [-0.05, 0) is 21.1 Å². The Kier molecular flexibility index (Phi) is 5.90. The molecule has 4 aromatic rings. The van der Waals surface area contributed by atoms with E-state index in [1.54, 1.807) is 0 Å². The number of fused-ring (bicyclic) bond motifs is 1. The van der Waals surface area contributed by atoms with Gasteiger partial charge in [0.2, 0.25) is 0 Å². The summed E-state index contributed by atoms with van der Waals surface area (Å²) in [6.07, 6.45) is 2.19. The Morgan fingerprint density at radius 1 is 0.824 bits per heavy atom. The number of carbonyl (C=O) groups is 1. The maximum absolute atomic E-state index is 13.6. The van der Waals surface area contributed by atoms with Crippen molar-refractivity contribution in [1.82, 2.24) is 0 Å². The van der Waals surface area contributed by atoms with E-state index in [1.165, 1.54) is 15.6 Å². The molecule has 34 heavy (non-hydrogen) atoms. The van der Waals surface area contributed by atoms with Gasteiger partial charge in [0.1, 0.15) is 0 Å². The number of carbonyl (C=O) groups excluding carboxylic acids is 1. The van der Waals surface area contributed by atoms with Crippen molar-refractivity contribution in [2.24, 2.45) is 5.92 Å². The molecule has 3 heteroatoms. The van der Waals surface area contributed by atoms with Crippen molar-refractivity contribution in [2.75, 3.05) is 0 Å². The van der Waals surface area contributed by atoms with Crippen LogP contribution < -0.4 is 15.6 Å². The number of rotatable bonds is 7. The summed E-state index contributed by atoms with van der Waals surface area (Å²) >= 11 is 0. The van der Waals surface area contributed by atoms with Gasteiger partial charge >= 0.3 is 0 Å². The monoisotopic (exact) mass is 460 g/mol. The van der Waals surface area contributed by atoms with Crippen LogP contribution in [-0.4, -0.2) is 14.1 Å². The molecule has 5 rings (SSSR count). The highest BCUT2D eigenvalue weighted by Crippen LogP contribution is 2.45. The lowest BCUT2D eigenvalue weighted by atomic mass is 9.78. The van der Waals surface area contributed by atoms with E-state index in [0.29, 0.717) is 5.56 Å². The summed E-state index contributed by atoms with van der Waals surface area (Å²) in [6, 6.07) is 39.1. The van der Waals surface area contributed by atoms with Gasteiger partial charge in [-0.3, -0.25) is 4.79 Å². The molecule has 1 heterocycles. The van der Waals surface area contributed by atoms with Crippen LogP contribution >= 0.6 is 0 Å². The van der Waals surface area contributed by atoms with Crippen LogP contribution in [0.5, 0.6) is 0 Å². The average molecular weight is 461 g/mol. The zero-order chi connectivity index (χ0) is 23.6. The molecule has 1 aliphatic rings. The summed E-state index contributed by atoms with van der Waals surface area (Å²) in [6.45, 7) is 6.23. The predicted octanol–water partition coefficient (Wildman–Crippen LogP) is 4.97. The lowest BCUT2D eigenvalue weighted by Crippen LogP contribution is -2.67. The third-order valence-electron chi connectivity index (χ3n) is 7.07. The third kappa shape index (κ3) is 3.49. The smallest absolute Gasteiger partial charge is 0.289 e. The van der Waals surface area contributed by atoms with Crippen LogP contribution in [0.15, 0.2) is 128 Å². The molecule has 0 aliphatic carbocycles. The Morgan fingerprint density at radius 2 is 1.32 bits per heavy atom. The maximum Gasteiger partial charge on any atom is 0.289 e. The van der Waals surface area contributed by atoms with E-state index < -0.39 is 13.9 Å². The number of ketones is 1. The molecule has 2 nitrogen and oxygen atoms in total. The summed E-state index contributed by atoms with van der Waals surface area (Å²) in [5, 5.41) is 3.57. The van der Waals surface area contributed by atoms with Crippen LogP contribution in [0.2, 0.25) is 0 Å². The second-order valence-corrected chi connectivity index (χ2v) is 12.2. The van der Waals surface area contributed by atoms with Gasteiger partial charge in [-0.15, -0.1) is 6.58 Å². The second kappa shape index (κ2) is 9.01. The summed E-state index contributed by atoms with van der Waals surface area (Å²) in [5.74, 6) is 0.0122. The molecule has 0 bridgehead atoms.